The van der Waals surface area contributed by atoms with Crippen LogP contribution in [0.25, 0.3) is 0 Å². The molecule has 0 atom stereocenters. The van der Waals surface area contributed by atoms with Gasteiger partial charge in [0, 0.05) is 43.6 Å². The first-order valence-electron chi connectivity index (χ1n) is 8.00. The Hall–Kier alpha value is -1.16. The van der Waals surface area contributed by atoms with Crippen molar-refractivity contribution in [2.24, 2.45) is 11.8 Å². The molecule has 110 valence electrons. The Bertz CT molecular complexity index is 407. The highest BCUT2D eigenvalue weighted by atomic mass is 15.3. The molecule has 4 nitrogen and oxygen atoms in total. The second kappa shape index (κ2) is 6.08. The number of rotatable bonds is 8. The molecule has 4 heteroatoms. The van der Waals surface area contributed by atoms with E-state index in [2.05, 4.69) is 34.0 Å². The molecule has 3 rings (SSSR count). The molecular weight excluding hydrogens is 248 g/mol. The van der Waals surface area contributed by atoms with E-state index in [0.717, 1.165) is 37.4 Å². The van der Waals surface area contributed by atoms with Crippen LogP contribution in [-0.4, -0.2) is 29.1 Å². The highest BCUT2D eigenvalue weighted by Crippen LogP contribution is 2.34. The van der Waals surface area contributed by atoms with E-state index in [-0.39, 0.29) is 0 Å². The minimum atomic E-state index is 0.496. The fourth-order valence-corrected chi connectivity index (χ4v) is 2.39. The minimum absolute atomic E-state index is 0.496. The summed E-state index contributed by atoms with van der Waals surface area (Å²) in [5, 5.41) is 3.40. The molecule has 0 radical (unpaired) electrons. The molecule has 1 N–H and O–H groups in total. The Morgan fingerprint density at radius 1 is 1.10 bits per heavy atom. The molecule has 0 spiro atoms. The zero-order valence-corrected chi connectivity index (χ0v) is 12.7. The smallest absolute Gasteiger partial charge is 0.225 e. The van der Waals surface area contributed by atoms with Gasteiger partial charge in [0.25, 0.3) is 0 Å². The zero-order chi connectivity index (χ0) is 13.9. The van der Waals surface area contributed by atoms with Crippen molar-refractivity contribution in [2.45, 2.75) is 52.1 Å². The molecular formula is C16H26N4. The Labute approximate surface area is 122 Å². The zero-order valence-electron chi connectivity index (χ0n) is 12.7. The monoisotopic (exact) mass is 274 g/mol. The van der Waals surface area contributed by atoms with E-state index in [4.69, 9.17) is 0 Å². The summed E-state index contributed by atoms with van der Waals surface area (Å²) in [5.41, 5.74) is 1.17. The van der Waals surface area contributed by atoms with Gasteiger partial charge in [-0.1, -0.05) is 13.8 Å². The Morgan fingerprint density at radius 3 is 2.10 bits per heavy atom. The Balaban J connectivity index is 1.60. The van der Waals surface area contributed by atoms with E-state index < -0.39 is 0 Å². The van der Waals surface area contributed by atoms with Crippen molar-refractivity contribution < 1.29 is 0 Å². The van der Waals surface area contributed by atoms with Gasteiger partial charge in [0.2, 0.25) is 5.95 Å². The molecule has 2 saturated carbocycles. The third-order valence-electron chi connectivity index (χ3n) is 4.04. The van der Waals surface area contributed by atoms with Crippen LogP contribution in [0.5, 0.6) is 0 Å². The second-order valence-corrected chi connectivity index (χ2v) is 6.72. The Morgan fingerprint density at radius 2 is 1.65 bits per heavy atom. The number of anilines is 1. The molecule has 0 bridgehead atoms. The maximum Gasteiger partial charge on any atom is 0.225 e. The summed E-state index contributed by atoms with van der Waals surface area (Å²) in [7, 11) is 0. The van der Waals surface area contributed by atoms with E-state index in [1.165, 1.54) is 31.2 Å². The summed E-state index contributed by atoms with van der Waals surface area (Å²) in [6, 6.07) is 0.496. The highest BCUT2D eigenvalue weighted by Gasteiger charge is 2.30. The second-order valence-electron chi connectivity index (χ2n) is 6.72. The van der Waals surface area contributed by atoms with Crippen LogP contribution in [0.15, 0.2) is 12.4 Å². The van der Waals surface area contributed by atoms with Crippen LogP contribution >= 0.6 is 0 Å². The van der Waals surface area contributed by atoms with Gasteiger partial charge in [-0.3, -0.25) is 0 Å². The minimum Gasteiger partial charge on any atom is -0.340 e. The van der Waals surface area contributed by atoms with Gasteiger partial charge in [0.05, 0.1) is 0 Å². The molecule has 2 aliphatic rings. The first-order valence-corrected chi connectivity index (χ1v) is 8.00. The summed E-state index contributed by atoms with van der Waals surface area (Å²) in [5.74, 6) is 2.70. The van der Waals surface area contributed by atoms with Crippen LogP contribution in [-0.2, 0) is 6.54 Å². The van der Waals surface area contributed by atoms with E-state index in [0.29, 0.717) is 6.04 Å². The molecule has 0 saturated heterocycles. The van der Waals surface area contributed by atoms with Gasteiger partial charge in [-0.05, 0) is 37.5 Å². The largest absolute Gasteiger partial charge is 0.340 e. The lowest BCUT2D eigenvalue weighted by molar-refractivity contribution is 0.586. The van der Waals surface area contributed by atoms with Crippen LogP contribution in [0, 0.1) is 11.8 Å². The van der Waals surface area contributed by atoms with E-state index >= 15 is 0 Å². The number of hydrogen-bond acceptors (Lipinski definition) is 4. The van der Waals surface area contributed by atoms with E-state index in [1.54, 1.807) is 0 Å². The summed E-state index contributed by atoms with van der Waals surface area (Å²) >= 11 is 0. The summed E-state index contributed by atoms with van der Waals surface area (Å²) in [6.45, 7) is 7.47. The fourth-order valence-electron chi connectivity index (χ4n) is 2.39. The van der Waals surface area contributed by atoms with Crippen molar-refractivity contribution in [3.63, 3.8) is 0 Å². The van der Waals surface area contributed by atoms with Crippen molar-refractivity contribution in [3.05, 3.63) is 18.0 Å². The molecule has 0 unspecified atom stereocenters. The quantitative estimate of drug-likeness (QED) is 0.791. The maximum absolute atomic E-state index is 4.59. The summed E-state index contributed by atoms with van der Waals surface area (Å²) in [4.78, 5) is 11.6. The third kappa shape index (κ3) is 4.17. The van der Waals surface area contributed by atoms with Crippen molar-refractivity contribution >= 4 is 5.95 Å². The normalized spacial score (nSPS) is 18.6. The van der Waals surface area contributed by atoms with Gasteiger partial charge in [0.15, 0.2) is 0 Å². The van der Waals surface area contributed by atoms with Crippen molar-refractivity contribution in [2.75, 3.05) is 18.0 Å². The van der Waals surface area contributed by atoms with Gasteiger partial charge < -0.3 is 10.2 Å². The molecule has 2 fully saturated rings. The van der Waals surface area contributed by atoms with Crippen LogP contribution in [0.2, 0.25) is 0 Å². The van der Waals surface area contributed by atoms with Gasteiger partial charge in [0.1, 0.15) is 0 Å². The van der Waals surface area contributed by atoms with Gasteiger partial charge in [-0.2, -0.15) is 0 Å². The molecule has 0 aliphatic heterocycles. The number of hydrogen-bond donors (Lipinski definition) is 1. The summed E-state index contributed by atoms with van der Waals surface area (Å²) < 4.78 is 0. The Kier molecular flexibility index (Phi) is 4.20. The lowest BCUT2D eigenvalue weighted by Crippen LogP contribution is -2.30. The maximum atomic E-state index is 4.59. The van der Waals surface area contributed by atoms with Crippen molar-refractivity contribution in [1.82, 2.24) is 15.3 Å². The molecule has 1 aromatic rings. The average Bonchev–Trinajstić information content (AvgIpc) is 3.31. The van der Waals surface area contributed by atoms with Gasteiger partial charge in [-0.25, -0.2) is 9.97 Å². The molecule has 1 heterocycles. The van der Waals surface area contributed by atoms with Crippen LogP contribution in [0.1, 0.15) is 45.1 Å². The molecule has 20 heavy (non-hydrogen) atoms. The van der Waals surface area contributed by atoms with Gasteiger partial charge in [-0.15, -0.1) is 0 Å². The topological polar surface area (TPSA) is 41.1 Å². The van der Waals surface area contributed by atoms with Gasteiger partial charge >= 0.3 is 0 Å². The average molecular weight is 274 g/mol. The number of nitrogens with one attached hydrogen (secondary N) is 1. The van der Waals surface area contributed by atoms with Crippen molar-refractivity contribution in [3.8, 4) is 0 Å². The number of nitrogens with zero attached hydrogens (tertiary/aromatic N) is 3. The van der Waals surface area contributed by atoms with Crippen LogP contribution in [0.3, 0.4) is 0 Å². The van der Waals surface area contributed by atoms with Crippen molar-refractivity contribution in [1.29, 1.82) is 0 Å². The predicted octanol–water partition coefficient (Wildman–Crippen LogP) is 2.60. The molecule has 0 amide bonds. The first-order chi connectivity index (χ1) is 9.70. The third-order valence-corrected chi connectivity index (χ3v) is 4.04. The molecule has 2 aliphatic carbocycles. The lowest BCUT2D eigenvalue weighted by Gasteiger charge is -2.22. The number of aromatic nitrogens is 2. The lowest BCUT2D eigenvalue weighted by atomic mass is 10.3. The SMILES string of the molecule is CC(C)NCc1cnc(N(CC2CC2)CC2CC2)nc1. The highest BCUT2D eigenvalue weighted by molar-refractivity contribution is 5.31. The molecule has 0 aromatic carbocycles. The standard InChI is InChI=1S/C16H26N4/c1-12(2)17-7-15-8-18-16(19-9-15)20(10-13-3-4-13)11-14-5-6-14/h8-9,12-14,17H,3-7,10-11H2,1-2H3. The summed E-state index contributed by atoms with van der Waals surface area (Å²) in [6.07, 6.45) is 9.50. The van der Waals surface area contributed by atoms with E-state index in [1.807, 2.05) is 12.4 Å². The predicted molar refractivity (Wildman–Crippen MR) is 81.7 cm³/mol. The fraction of sp³-hybridized carbons (Fsp3) is 0.750. The molecule has 1 aromatic heterocycles. The van der Waals surface area contributed by atoms with Crippen LogP contribution < -0.4 is 10.2 Å². The first kappa shape index (κ1) is 13.8. The van der Waals surface area contributed by atoms with E-state index in [9.17, 15) is 0 Å². The van der Waals surface area contributed by atoms with Crippen LogP contribution in [0.4, 0.5) is 5.95 Å².